The van der Waals surface area contributed by atoms with Crippen LogP contribution in [0.4, 0.5) is 4.39 Å². The minimum absolute atomic E-state index is 0.00209. The van der Waals surface area contributed by atoms with Crippen LogP contribution >= 0.6 is 0 Å². The van der Waals surface area contributed by atoms with Crippen molar-refractivity contribution < 1.29 is 18.7 Å². The zero-order valence-electron chi connectivity index (χ0n) is 17.1. The minimum atomic E-state index is -0.469. The van der Waals surface area contributed by atoms with Crippen LogP contribution in [-0.2, 0) is 6.54 Å². The van der Waals surface area contributed by atoms with Gasteiger partial charge in [-0.1, -0.05) is 18.2 Å². The van der Waals surface area contributed by atoms with Crippen LogP contribution in [0.3, 0.4) is 0 Å². The van der Waals surface area contributed by atoms with Crippen LogP contribution in [0.25, 0.3) is 10.9 Å². The molecule has 0 fully saturated rings. The van der Waals surface area contributed by atoms with Gasteiger partial charge in [-0.05, 0) is 48.5 Å². The lowest BCUT2D eigenvalue weighted by molar-refractivity contribution is 0.103. The molecule has 1 aromatic heterocycles. The summed E-state index contributed by atoms with van der Waals surface area (Å²) in [5.74, 6) is 0.297. The van der Waals surface area contributed by atoms with Crippen LogP contribution in [0.2, 0.25) is 0 Å². The molecule has 0 saturated carbocycles. The number of ketones is 1. The van der Waals surface area contributed by atoms with Crippen LogP contribution in [0.15, 0.2) is 77.7 Å². The highest BCUT2D eigenvalue weighted by molar-refractivity contribution is 6.10. The van der Waals surface area contributed by atoms with Gasteiger partial charge in [0.15, 0.2) is 5.78 Å². The molecule has 0 radical (unpaired) electrons. The number of hydrogen-bond donors (Lipinski definition) is 0. The van der Waals surface area contributed by atoms with E-state index in [9.17, 15) is 14.0 Å². The topological polar surface area (TPSA) is 57.5 Å². The fourth-order valence-corrected chi connectivity index (χ4v) is 3.57. The Hall–Kier alpha value is -3.93. The third-order valence-corrected chi connectivity index (χ3v) is 5.17. The third kappa shape index (κ3) is 3.92. The van der Waals surface area contributed by atoms with Crippen molar-refractivity contribution in [2.45, 2.75) is 6.54 Å². The number of pyridine rings is 1. The summed E-state index contributed by atoms with van der Waals surface area (Å²) >= 11 is 0. The second-order valence-corrected chi connectivity index (χ2v) is 7.03. The highest BCUT2D eigenvalue weighted by Crippen LogP contribution is 2.24. The molecule has 1 heterocycles. The van der Waals surface area contributed by atoms with E-state index in [0.717, 1.165) is 5.56 Å². The van der Waals surface area contributed by atoms with Crippen molar-refractivity contribution in [3.8, 4) is 11.5 Å². The minimum Gasteiger partial charge on any atom is -0.497 e. The number of aromatic nitrogens is 1. The monoisotopic (exact) mass is 417 g/mol. The standard InChI is InChI=1S/C25H20FNO4/c1-30-19-11-12-22-20(13-19)25(29)21(24(28)16-7-9-18(26)10-8-16)15-27(22)14-17-5-3-4-6-23(17)31-2/h3-13,15H,14H2,1-2H3. The first-order valence-corrected chi connectivity index (χ1v) is 9.65. The highest BCUT2D eigenvalue weighted by Gasteiger charge is 2.18. The molecule has 0 atom stereocenters. The fraction of sp³-hybridized carbons (Fsp3) is 0.120. The van der Waals surface area contributed by atoms with Gasteiger partial charge in [0.1, 0.15) is 17.3 Å². The Kier molecular flexibility index (Phi) is 5.54. The largest absolute Gasteiger partial charge is 0.497 e. The van der Waals surface area contributed by atoms with Crippen molar-refractivity contribution in [3.63, 3.8) is 0 Å². The van der Waals surface area contributed by atoms with Crippen LogP contribution in [0.1, 0.15) is 21.5 Å². The van der Waals surface area contributed by atoms with Crippen molar-refractivity contribution >= 4 is 16.7 Å². The van der Waals surface area contributed by atoms with E-state index in [0.29, 0.717) is 28.9 Å². The Bertz CT molecular complexity index is 1330. The summed E-state index contributed by atoms with van der Waals surface area (Å²) in [6, 6.07) is 17.9. The summed E-state index contributed by atoms with van der Waals surface area (Å²) in [7, 11) is 3.11. The first-order chi connectivity index (χ1) is 15.0. The number of benzene rings is 3. The molecule has 6 heteroatoms. The van der Waals surface area contributed by atoms with Gasteiger partial charge in [0.05, 0.1) is 37.2 Å². The Morgan fingerprint density at radius 1 is 0.968 bits per heavy atom. The lowest BCUT2D eigenvalue weighted by Gasteiger charge is -2.16. The van der Waals surface area contributed by atoms with Gasteiger partial charge in [0.25, 0.3) is 0 Å². The predicted molar refractivity (Wildman–Crippen MR) is 117 cm³/mol. The SMILES string of the molecule is COc1ccc2c(c1)c(=O)c(C(=O)c1ccc(F)cc1)cn2Cc1ccccc1OC. The molecule has 0 aliphatic heterocycles. The first-order valence-electron chi connectivity index (χ1n) is 9.65. The molecule has 0 spiro atoms. The zero-order valence-corrected chi connectivity index (χ0v) is 17.1. The number of hydrogen-bond acceptors (Lipinski definition) is 4. The van der Waals surface area contributed by atoms with Crippen molar-refractivity contribution in [1.82, 2.24) is 4.57 Å². The molecule has 156 valence electrons. The Balaban J connectivity index is 1.92. The van der Waals surface area contributed by atoms with Crippen molar-refractivity contribution in [2.24, 2.45) is 0 Å². The zero-order chi connectivity index (χ0) is 22.0. The highest BCUT2D eigenvalue weighted by atomic mass is 19.1. The van der Waals surface area contributed by atoms with Gasteiger partial charge in [0.2, 0.25) is 5.43 Å². The fourth-order valence-electron chi connectivity index (χ4n) is 3.57. The van der Waals surface area contributed by atoms with Gasteiger partial charge in [-0.2, -0.15) is 0 Å². The molecule has 0 unspecified atom stereocenters. The number of halogens is 1. The first kappa shape index (κ1) is 20.3. The molecule has 4 aromatic rings. The smallest absolute Gasteiger partial charge is 0.200 e. The van der Waals surface area contributed by atoms with Gasteiger partial charge in [-0.25, -0.2) is 4.39 Å². The summed E-state index contributed by atoms with van der Waals surface area (Å²) in [6.07, 6.45) is 1.55. The molecule has 0 aliphatic rings. The van der Waals surface area contributed by atoms with E-state index >= 15 is 0 Å². The quantitative estimate of drug-likeness (QED) is 0.436. The number of para-hydroxylation sites is 1. The Morgan fingerprint density at radius 3 is 2.42 bits per heavy atom. The molecule has 5 nitrogen and oxygen atoms in total. The number of fused-ring (bicyclic) bond motifs is 1. The van der Waals surface area contributed by atoms with Gasteiger partial charge >= 0.3 is 0 Å². The molecule has 0 amide bonds. The van der Waals surface area contributed by atoms with Gasteiger partial charge in [-0.15, -0.1) is 0 Å². The van der Waals surface area contributed by atoms with Crippen LogP contribution in [0, 0.1) is 5.82 Å². The number of methoxy groups -OCH3 is 2. The molecule has 0 saturated heterocycles. The number of rotatable bonds is 6. The van der Waals surface area contributed by atoms with Crippen molar-refractivity contribution in [2.75, 3.05) is 14.2 Å². The number of nitrogens with zero attached hydrogens (tertiary/aromatic N) is 1. The van der Waals surface area contributed by atoms with E-state index in [4.69, 9.17) is 9.47 Å². The summed E-state index contributed by atoms with van der Waals surface area (Å²) < 4.78 is 25.9. The van der Waals surface area contributed by atoms with Crippen LogP contribution in [-0.4, -0.2) is 24.6 Å². The number of ether oxygens (including phenoxy) is 2. The molecule has 0 bridgehead atoms. The molecule has 0 N–H and O–H groups in total. The predicted octanol–water partition coefficient (Wildman–Crippen LogP) is 4.44. The Labute approximate surface area is 178 Å². The van der Waals surface area contributed by atoms with E-state index in [1.165, 1.54) is 31.4 Å². The molecule has 4 rings (SSSR count). The van der Waals surface area contributed by atoms with Crippen LogP contribution in [0.5, 0.6) is 11.5 Å². The molecule has 3 aromatic carbocycles. The Morgan fingerprint density at radius 2 is 1.71 bits per heavy atom. The van der Waals surface area contributed by atoms with Gasteiger partial charge in [-0.3, -0.25) is 9.59 Å². The second-order valence-electron chi connectivity index (χ2n) is 7.03. The maximum absolute atomic E-state index is 13.3. The third-order valence-electron chi connectivity index (χ3n) is 5.17. The van der Waals surface area contributed by atoms with E-state index in [1.807, 2.05) is 28.8 Å². The van der Waals surface area contributed by atoms with Crippen LogP contribution < -0.4 is 14.9 Å². The van der Waals surface area contributed by atoms with E-state index in [-0.39, 0.29) is 11.1 Å². The van der Waals surface area contributed by atoms with E-state index in [2.05, 4.69) is 0 Å². The normalized spacial score (nSPS) is 10.8. The maximum atomic E-state index is 13.3. The average Bonchev–Trinajstić information content (AvgIpc) is 2.81. The lowest BCUT2D eigenvalue weighted by Crippen LogP contribution is -2.20. The summed E-state index contributed by atoms with van der Waals surface area (Å²) in [4.78, 5) is 26.3. The van der Waals surface area contributed by atoms with E-state index < -0.39 is 17.0 Å². The maximum Gasteiger partial charge on any atom is 0.200 e. The number of carbonyl (C=O) groups is 1. The van der Waals surface area contributed by atoms with Crippen molar-refractivity contribution in [3.05, 3.63) is 106 Å². The molecular formula is C25H20FNO4. The van der Waals surface area contributed by atoms with Gasteiger partial charge < -0.3 is 14.0 Å². The molecular weight excluding hydrogens is 397 g/mol. The van der Waals surface area contributed by atoms with E-state index in [1.54, 1.807) is 31.5 Å². The summed E-state index contributed by atoms with van der Waals surface area (Å²) in [5, 5.41) is 0.363. The molecule has 31 heavy (non-hydrogen) atoms. The second kappa shape index (κ2) is 8.44. The van der Waals surface area contributed by atoms with Gasteiger partial charge in [0, 0.05) is 17.3 Å². The summed E-state index contributed by atoms with van der Waals surface area (Å²) in [5.41, 5.74) is 1.39. The average molecular weight is 417 g/mol. The molecule has 0 aliphatic carbocycles. The lowest BCUT2D eigenvalue weighted by atomic mass is 10.0. The van der Waals surface area contributed by atoms with Crippen molar-refractivity contribution in [1.29, 1.82) is 0 Å². The number of carbonyl (C=O) groups excluding carboxylic acids is 1. The summed E-state index contributed by atoms with van der Waals surface area (Å²) in [6.45, 7) is 0.386.